The zero-order chi connectivity index (χ0) is 14.4. The van der Waals surface area contributed by atoms with Crippen molar-refractivity contribution in [2.24, 2.45) is 5.92 Å². The summed E-state index contributed by atoms with van der Waals surface area (Å²) in [5, 5.41) is 10.7. The zero-order valence-electron chi connectivity index (χ0n) is 12.0. The third-order valence-corrected chi connectivity index (χ3v) is 3.95. The van der Waals surface area contributed by atoms with Crippen LogP contribution in [0.4, 0.5) is 5.69 Å². The van der Waals surface area contributed by atoms with Crippen LogP contribution in [0.25, 0.3) is 0 Å². The zero-order valence-corrected chi connectivity index (χ0v) is 12.0. The lowest BCUT2D eigenvalue weighted by Gasteiger charge is -2.27. The van der Waals surface area contributed by atoms with Gasteiger partial charge in [0.05, 0.1) is 37.2 Å². The highest BCUT2D eigenvalue weighted by Gasteiger charge is 2.18. The van der Waals surface area contributed by atoms with E-state index in [2.05, 4.69) is 6.92 Å². The fraction of sp³-hybridized carbons (Fsp3) is 0.600. The van der Waals surface area contributed by atoms with Gasteiger partial charge in [-0.05, 0) is 24.8 Å². The molecular weight excluding hydrogens is 256 g/mol. The number of quaternary nitrogens is 1. The van der Waals surface area contributed by atoms with Gasteiger partial charge in [0, 0.05) is 12.5 Å². The molecule has 1 aliphatic rings. The molecule has 0 spiro atoms. The van der Waals surface area contributed by atoms with Crippen molar-refractivity contribution in [1.29, 1.82) is 0 Å². The number of piperidine rings is 1. The molecule has 0 atom stereocenters. The van der Waals surface area contributed by atoms with Crippen molar-refractivity contribution >= 4 is 5.69 Å². The molecule has 0 amide bonds. The maximum atomic E-state index is 10.7. The highest BCUT2D eigenvalue weighted by Crippen LogP contribution is 2.18. The van der Waals surface area contributed by atoms with Gasteiger partial charge in [0.1, 0.15) is 5.75 Å². The minimum atomic E-state index is -0.397. The van der Waals surface area contributed by atoms with Crippen LogP contribution in [-0.4, -0.2) is 31.2 Å². The molecule has 5 heteroatoms. The topological polar surface area (TPSA) is 56.8 Å². The first-order valence-corrected chi connectivity index (χ1v) is 7.36. The minimum Gasteiger partial charge on any atom is -0.493 e. The number of nitro benzene ring substituents is 1. The molecule has 1 aromatic rings. The van der Waals surface area contributed by atoms with Gasteiger partial charge in [-0.3, -0.25) is 10.1 Å². The Labute approximate surface area is 119 Å². The summed E-state index contributed by atoms with van der Waals surface area (Å²) in [6.07, 6.45) is 3.63. The summed E-state index contributed by atoms with van der Waals surface area (Å²) in [5.74, 6) is 1.46. The van der Waals surface area contributed by atoms with Crippen LogP contribution in [0, 0.1) is 16.0 Å². The molecule has 0 saturated carbocycles. The summed E-state index contributed by atoms with van der Waals surface area (Å²) >= 11 is 0. The van der Waals surface area contributed by atoms with E-state index >= 15 is 0 Å². The van der Waals surface area contributed by atoms with E-state index in [1.54, 1.807) is 17.0 Å². The molecule has 20 heavy (non-hydrogen) atoms. The van der Waals surface area contributed by atoms with Gasteiger partial charge in [-0.25, -0.2) is 0 Å². The van der Waals surface area contributed by atoms with E-state index in [0.717, 1.165) is 18.9 Å². The lowest BCUT2D eigenvalue weighted by atomic mass is 9.99. The highest BCUT2D eigenvalue weighted by molar-refractivity contribution is 5.37. The summed E-state index contributed by atoms with van der Waals surface area (Å²) in [5.41, 5.74) is 0.0816. The van der Waals surface area contributed by atoms with Crippen molar-refractivity contribution < 1.29 is 14.6 Å². The number of hydrogen-bond acceptors (Lipinski definition) is 3. The number of nitro groups is 1. The molecule has 1 heterocycles. The van der Waals surface area contributed by atoms with Gasteiger partial charge in [0.2, 0.25) is 0 Å². The smallest absolute Gasteiger partial charge is 0.273 e. The molecule has 0 aliphatic carbocycles. The monoisotopic (exact) mass is 279 g/mol. The Kier molecular flexibility index (Phi) is 5.35. The molecule has 1 aliphatic heterocycles. The van der Waals surface area contributed by atoms with Gasteiger partial charge in [0.25, 0.3) is 5.69 Å². The van der Waals surface area contributed by atoms with E-state index in [4.69, 9.17) is 4.74 Å². The number of hydrogen-bond donors (Lipinski definition) is 1. The van der Waals surface area contributed by atoms with Crippen molar-refractivity contribution in [2.75, 3.05) is 26.2 Å². The summed E-state index contributed by atoms with van der Waals surface area (Å²) in [4.78, 5) is 11.9. The molecule has 1 saturated heterocycles. The average Bonchev–Trinajstić information content (AvgIpc) is 2.46. The van der Waals surface area contributed by atoms with Crippen molar-refractivity contribution in [2.45, 2.75) is 26.2 Å². The van der Waals surface area contributed by atoms with Gasteiger partial charge in [-0.15, -0.1) is 0 Å². The number of nitrogens with one attached hydrogen (secondary N) is 1. The van der Waals surface area contributed by atoms with E-state index in [1.165, 1.54) is 38.1 Å². The Morgan fingerprint density at radius 3 is 2.85 bits per heavy atom. The molecule has 1 aromatic carbocycles. The normalized spacial score (nSPS) is 22.4. The molecule has 0 radical (unpaired) electrons. The molecule has 0 bridgehead atoms. The van der Waals surface area contributed by atoms with Crippen molar-refractivity contribution in [1.82, 2.24) is 0 Å². The number of ether oxygens (including phenoxy) is 1. The molecule has 1 fully saturated rings. The quantitative estimate of drug-likeness (QED) is 0.489. The summed E-state index contributed by atoms with van der Waals surface area (Å²) in [6.45, 7) is 6.60. The Morgan fingerprint density at radius 2 is 2.15 bits per heavy atom. The van der Waals surface area contributed by atoms with Crippen molar-refractivity contribution in [3.8, 4) is 5.75 Å². The second-order valence-electron chi connectivity index (χ2n) is 5.64. The number of non-ortho nitro benzene ring substituents is 1. The minimum absolute atomic E-state index is 0.0816. The van der Waals surface area contributed by atoms with Crippen LogP contribution in [-0.2, 0) is 0 Å². The molecule has 0 aromatic heterocycles. The van der Waals surface area contributed by atoms with E-state index < -0.39 is 4.92 Å². The van der Waals surface area contributed by atoms with E-state index in [0.29, 0.717) is 12.4 Å². The molecular formula is C15H23N2O3+. The van der Waals surface area contributed by atoms with E-state index in [-0.39, 0.29) is 5.69 Å². The summed E-state index contributed by atoms with van der Waals surface area (Å²) < 4.78 is 5.59. The molecule has 1 N–H and O–H groups in total. The second kappa shape index (κ2) is 7.24. The van der Waals surface area contributed by atoms with Gasteiger partial charge in [-0.1, -0.05) is 13.0 Å². The molecule has 2 rings (SSSR count). The Balaban J connectivity index is 1.68. The molecule has 0 unspecified atom stereocenters. The average molecular weight is 279 g/mol. The predicted octanol–water partition coefficient (Wildman–Crippen LogP) is 1.68. The number of nitrogens with zero attached hydrogens (tertiary/aromatic N) is 1. The highest BCUT2D eigenvalue weighted by atomic mass is 16.6. The first-order valence-electron chi connectivity index (χ1n) is 7.36. The molecule has 110 valence electrons. The van der Waals surface area contributed by atoms with Crippen LogP contribution in [0.15, 0.2) is 24.3 Å². The second-order valence-corrected chi connectivity index (χ2v) is 5.64. The summed E-state index contributed by atoms with van der Waals surface area (Å²) in [6, 6.07) is 6.38. The van der Waals surface area contributed by atoms with Gasteiger partial charge in [0.15, 0.2) is 0 Å². The molecule has 5 nitrogen and oxygen atoms in total. The fourth-order valence-electron chi connectivity index (χ4n) is 2.62. The van der Waals surface area contributed by atoms with E-state index in [9.17, 15) is 10.1 Å². The Bertz CT molecular complexity index is 442. The maximum Gasteiger partial charge on any atom is 0.273 e. The first-order chi connectivity index (χ1) is 9.65. The maximum absolute atomic E-state index is 10.7. The lowest BCUT2D eigenvalue weighted by molar-refractivity contribution is -0.906. The van der Waals surface area contributed by atoms with Crippen molar-refractivity contribution in [3.05, 3.63) is 34.4 Å². The van der Waals surface area contributed by atoms with Crippen LogP contribution in [0.1, 0.15) is 26.2 Å². The Morgan fingerprint density at radius 1 is 1.40 bits per heavy atom. The number of benzene rings is 1. The third kappa shape index (κ3) is 4.49. The SMILES string of the molecule is CC1CC[NH+](CCCOc2cccc([N+](=O)[O-])c2)CC1. The largest absolute Gasteiger partial charge is 0.493 e. The van der Waals surface area contributed by atoms with Gasteiger partial charge >= 0.3 is 0 Å². The summed E-state index contributed by atoms with van der Waals surface area (Å²) in [7, 11) is 0. The van der Waals surface area contributed by atoms with Gasteiger partial charge < -0.3 is 9.64 Å². The van der Waals surface area contributed by atoms with Crippen LogP contribution >= 0.6 is 0 Å². The van der Waals surface area contributed by atoms with Crippen LogP contribution in [0.3, 0.4) is 0 Å². The Hall–Kier alpha value is -1.62. The third-order valence-electron chi connectivity index (χ3n) is 3.95. The predicted molar refractivity (Wildman–Crippen MR) is 77.2 cm³/mol. The number of likely N-dealkylation sites (tertiary alicyclic amines) is 1. The van der Waals surface area contributed by atoms with E-state index in [1.807, 2.05) is 0 Å². The lowest BCUT2D eigenvalue weighted by Crippen LogP contribution is -3.13. The number of rotatable bonds is 6. The van der Waals surface area contributed by atoms with Gasteiger partial charge in [-0.2, -0.15) is 0 Å². The van der Waals surface area contributed by atoms with Crippen molar-refractivity contribution in [3.63, 3.8) is 0 Å². The van der Waals surface area contributed by atoms with Crippen LogP contribution < -0.4 is 9.64 Å². The first kappa shape index (κ1) is 14.8. The van der Waals surface area contributed by atoms with Crippen LogP contribution in [0.2, 0.25) is 0 Å². The fourth-order valence-corrected chi connectivity index (χ4v) is 2.62. The standard InChI is InChI=1S/C15H22N2O3/c1-13-6-9-16(10-7-13)8-3-11-20-15-5-2-4-14(12-15)17(18)19/h2,4-5,12-13H,3,6-11H2,1H3/p+1. The van der Waals surface area contributed by atoms with Crippen LogP contribution in [0.5, 0.6) is 5.75 Å².